The lowest BCUT2D eigenvalue weighted by molar-refractivity contribution is -0.0740. The topological polar surface area (TPSA) is 57.0 Å². The molecule has 1 aromatic heterocycles. The Labute approximate surface area is 143 Å². The van der Waals surface area contributed by atoms with Crippen molar-refractivity contribution in [1.29, 1.82) is 5.26 Å². The maximum absolute atomic E-state index is 13.3. The van der Waals surface area contributed by atoms with Crippen molar-refractivity contribution in [3.63, 3.8) is 0 Å². The van der Waals surface area contributed by atoms with E-state index in [0.29, 0.717) is 18.5 Å². The maximum atomic E-state index is 13.3. The second-order valence-electron chi connectivity index (χ2n) is 8.26. The third kappa shape index (κ3) is 2.60. The molecule has 4 aliphatic carbocycles. The summed E-state index contributed by atoms with van der Waals surface area (Å²) in [4.78, 5) is 19.6. The molecule has 0 atom stereocenters. The molecule has 4 bridgehead atoms. The summed E-state index contributed by atoms with van der Waals surface area (Å²) in [6.45, 7) is 2.52. The van der Waals surface area contributed by atoms with Crippen LogP contribution >= 0.6 is 0 Å². The number of hydrogen-bond donors (Lipinski definition) is 0. The van der Waals surface area contributed by atoms with Gasteiger partial charge in [0.2, 0.25) is 0 Å². The van der Waals surface area contributed by atoms with E-state index in [1.807, 2.05) is 13.0 Å². The quantitative estimate of drug-likeness (QED) is 0.848. The molecule has 0 aromatic carbocycles. The van der Waals surface area contributed by atoms with Crippen molar-refractivity contribution >= 4 is 5.91 Å². The van der Waals surface area contributed by atoms with Crippen molar-refractivity contribution in [2.24, 2.45) is 17.8 Å². The summed E-state index contributed by atoms with van der Waals surface area (Å²) in [5.41, 5.74) is 1.67. The minimum Gasteiger partial charge on any atom is -0.332 e. The molecule has 4 saturated carbocycles. The SMILES string of the molecule is Cc1cncc(C(=O)N(CCC#N)C23CC4CC(CC(C4)C2)C3)c1. The van der Waals surface area contributed by atoms with Gasteiger partial charge in [0.05, 0.1) is 18.1 Å². The molecule has 5 rings (SSSR count). The van der Waals surface area contributed by atoms with Crippen LogP contribution < -0.4 is 0 Å². The van der Waals surface area contributed by atoms with Crippen molar-refractivity contribution in [3.8, 4) is 6.07 Å². The van der Waals surface area contributed by atoms with E-state index >= 15 is 0 Å². The summed E-state index contributed by atoms with van der Waals surface area (Å²) >= 11 is 0. The third-order valence-electron chi connectivity index (χ3n) is 6.39. The van der Waals surface area contributed by atoms with Gasteiger partial charge in [-0.05, 0) is 74.8 Å². The monoisotopic (exact) mass is 323 g/mol. The summed E-state index contributed by atoms with van der Waals surface area (Å²) in [6.07, 6.45) is 11.3. The zero-order valence-electron chi connectivity index (χ0n) is 14.4. The number of aromatic nitrogens is 1. The number of rotatable bonds is 4. The summed E-state index contributed by atoms with van der Waals surface area (Å²) in [7, 11) is 0. The predicted molar refractivity (Wildman–Crippen MR) is 91.1 cm³/mol. The summed E-state index contributed by atoms with van der Waals surface area (Å²) < 4.78 is 0. The molecule has 1 heterocycles. The van der Waals surface area contributed by atoms with Crippen LogP contribution in [0.1, 0.15) is 60.9 Å². The van der Waals surface area contributed by atoms with Crippen LogP contribution in [0.3, 0.4) is 0 Å². The molecule has 0 spiro atoms. The Bertz CT molecular complexity index is 655. The van der Waals surface area contributed by atoms with Crippen LogP contribution in [-0.2, 0) is 0 Å². The molecule has 4 heteroatoms. The van der Waals surface area contributed by atoms with Gasteiger partial charge in [0, 0.05) is 24.5 Å². The van der Waals surface area contributed by atoms with E-state index in [9.17, 15) is 4.79 Å². The molecule has 0 aliphatic heterocycles. The van der Waals surface area contributed by atoms with Crippen LogP contribution in [0.25, 0.3) is 0 Å². The average molecular weight is 323 g/mol. The first kappa shape index (κ1) is 15.6. The summed E-state index contributed by atoms with van der Waals surface area (Å²) in [6, 6.07) is 4.16. The van der Waals surface area contributed by atoms with E-state index < -0.39 is 0 Å². The number of carbonyl (C=O) groups excluding carboxylic acids is 1. The molecule has 0 saturated heterocycles. The van der Waals surface area contributed by atoms with Crippen molar-refractivity contribution in [2.75, 3.05) is 6.54 Å². The Morgan fingerprint density at radius 2 is 1.88 bits per heavy atom. The fraction of sp³-hybridized carbons (Fsp3) is 0.650. The van der Waals surface area contributed by atoms with Gasteiger partial charge in [-0.15, -0.1) is 0 Å². The average Bonchev–Trinajstić information content (AvgIpc) is 2.53. The first-order valence-corrected chi connectivity index (χ1v) is 9.20. The molecule has 4 nitrogen and oxygen atoms in total. The molecule has 24 heavy (non-hydrogen) atoms. The first-order chi connectivity index (χ1) is 11.6. The van der Waals surface area contributed by atoms with Crippen LogP contribution in [0.4, 0.5) is 0 Å². The van der Waals surface area contributed by atoms with Crippen LogP contribution in [0.2, 0.25) is 0 Å². The molecular formula is C20H25N3O. The Balaban J connectivity index is 1.67. The summed E-state index contributed by atoms with van der Waals surface area (Å²) in [5, 5.41) is 9.09. The molecule has 0 N–H and O–H groups in total. The number of pyridine rings is 1. The minimum atomic E-state index is -0.00751. The molecule has 0 radical (unpaired) electrons. The number of carbonyl (C=O) groups is 1. The Hall–Kier alpha value is -1.89. The molecule has 0 unspecified atom stereocenters. The van der Waals surface area contributed by atoms with Gasteiger partial charge in [-0.2, -0.15) is 5.26 Å². The normalized spacial score (nSPS) is 33.2. The van der Waals surface area contributed by atoms with Gasteiger partial charge in [-0.1, -0.05) is 0 Å². The standard InChI is InChI=1S/C20H25N3O/c1-14-5-18(13-22-12-14)19(24)23(4-2-3-21)20-9-15-6-16(10-20)8-17(7-15)11-20/h5,12-13,15-17H,2,4,6-11H2,1H3. The van der Waals surface area contributed by atoms with E-state index in [4.69, 9.17) is 5.26 Å². The van der Waals surface area contributed by atoms with Crippen molar-refractivity contribution in [2.45, 2.75) is 57.4 Å². The van der Waals surface area contributed by atoms with Gasteiger partial charge in [0.1, 0.15) is 0 Å². The lowest BCUT2D eigenvalue weighted by Crippen LogP contribution is -2.61. The van der Waals surface area contributed by atoms with Gasteiger partial charge in [-0.3, -0.25) is 9.78 Å². The maximum Gasteiger partial charge on any atom is 0.255 e. The first-order valence-electron chi connectivity index (χ1n) is 9.20. The zero-order valence-corrected chi connectivity index (χ0v) is 14.4. The second kappa shape index (κ2) is 5.88. The Morgan fingerprint density at radius 1 is 1.25 bits per heavy atom. The van der Waals surface area contributed by atoms with Gasteiger partial charge < -0.3 is 4.90 Å². The zero-order chi connectivity index (χ0) is 16.7. The number of hydrogen-bond acceptors (Lipinski definition) is 3. The molecule has 1 amide bonds. The molecular weight excluding hydrogens is 298 g/mol. The van der Waals surface area contributed by atoms with E-state index in [1.165, 1.54) is 19.3 Å². The second-order valence-corrected chi connectivity index (χ2v) is 8.26. The lowest BCUT2D eigenvalue weighted by Gasteiger charge is -2.60. The van der Waals surface area contributed by atoms with E-state index in [1.54, 1.807) is 12.4 Å². The number of aryl methyl sites for hydroxylation is 1. The van der Waals surface area contributed by atoms with Crippen molar-refractivity contribution < 1.29 is 4.79 Å². The van der Waals surface area contributed by atoms with E-state index in [-0.39, 0.29) is 11.4 Å². The van der Waals surface area contributed by atoms with Crippen LogP contribution in [0.15, 0.2) is 18.5 Å². The lowest BCUT2D eigenvalue weighted by atomic mass is 9.52. The highest BCUT2D eigenvalue weighted by molar-refractivity contribution is 5.94. The number of nitriles is 1. The molecule has 126 valence electrons. The van der Waals surface area contributed by atoms with E-state index in [2.05, 4.69) is 16.0 Å². The van der Waals surface area contributed by atoms with Crippen molar-refractivity contribution in [3.05, 3.63) is 29.6 Å². The Morgan fingerprint density at radius 3 is 2.42 bits per heavy atom. The number of nitrogens with zero attached hydrogens (tertiary/aromatic N) is 3. The molecule has 1 aromatic rings. The van der Waals surface area contributed by atoms with Crippen LogP contribution in [-0.4, -0.2) is 27.9 Å². The van der Waals surface area contributed by atoms with Gasteiger partial charge in [0.15, 0.2) is 0 Å². The fourth-order valence-electron chi connectivity index (χ4n) is 5.94. The minimum absolute atomic E-state index is 0.00751. The highest BCUT2D eigenvalue weighted by atomic mass is 16.2. The van der Waals surface area contributed by atoms with Crippen LogP contribution in [0, 0.1) is 36.0 Å². The summed E-state index contributed by atoms with van der Waals surface area (Å²) in [5.74, 6) is 2.42. The smallest absolute Gasteiger partial charge is 0.255 e. The largest absolute Gasteiger partial charge is 0.332 e. The van der Waals surface area contributed by atoms with E-state index in [0.717, 1.165) is 42.6 Å². The van der Waals surface area contributed by atoms with Gasteiger partial charge in [-0.25, -0.2) is 0 Å². The third-order valence-corrected chi connectivity index (χ3v) is 6.39. The fourth-order valence-corrected chi connectivity index (χ4v) is 5.94. The predicted octanol–water partition coefficient (Wildman–Crippen LogP) is 3.71. The Kier molecular flexibility index (Phi) is 3.83. The molecule has 4 fully saturated rings. The van der Waals surface area contributed by atoms with Crippen LogP contribution in [0.5, 0.6) is 0 Å². The van der Waals surface area contributed by atoms with Gasteiger partial charge >= 0.3 is 0 Å². The molecule has 4 aliphatic rings. The highest BCUT2D eigenvalue weighted by Gasteiger charge is 2.54. The highest BCUT2D eigenvalue weighted by Crippen LogP contribution is 2.58. The van der Waals surface area contributed by atoms with Crippen molar-refractivity contribution in [1.82, 2.24) is 9.88 Å². The van der Waals surface area contributed by atoms with Gasteiger partial charge in [0.25, 0.3) is 5.91 Å². The number of amides is 1.